The van der Waals surface area contributed by atoms with E-state index >= 15 is 0 Å². The van der Waals surface area contributed by atoms with Crippen LogP contribution in [-0.4, -0.2) is 19.6 Å². The van der Waals surface area contributed by atoms with Crippen molar-refractivity contribution in [3.63, 3.8) is 0 Å². The first-order valence-corrected chi connectivity index (χ1v) is 7.30. The molecule has 0 radical (unpaired) electrons. The normalized spacial score (nSPS) is 11.0. The average molecular weight is 325 g/mol. The Labute approximate surface area is 136 Å². The van der Waals surface area contributed by atoms with Gasteiger partial charge in [-0.05, 0) is 36.4 Å². The van der Waals surface area contributed by atoms with Crippen LogP contribution in [0.25, 0.3) is 28.0 Å². The van der Waals surface area contributed by atoms with E-state index in [2.05, 4.69) is 15.1 Å². The Bertz CT molecular complexity index is 1010. The van der Waals surface area contributed by atoms with E-state index in [1.807, 2.05) is 30.5 Å². The van der Waals surface area contributed by atoms with Gasteiger partial charge in [-0.25, -0.2) is 13.9 Å². The molecule has 1 aromatic carbocycles. The van der Waals surface area contributed by atoms with Crippen molar-refractivity contribution in [2.24, 2.45) is 0 Å². The van der Waals surface area contributed by atoms with Gasteiger partial charge in [0.2, 0.25) is 0 Å². The van der Waals surface area contributed by atoms with Crippen LogP contribution in [0.4, 0.5) is 4.39 Å². The molecule has 0 amide bonds. The Balaban J connectivity index is 1.90. The fraction of sp³-hybridized carbons (Fsp3) is 0. The smallest absolute Gasteiger partial charge is 0.155 e. The van der Waals surface area contributed by atoms with Gasteiger partial charge in [0.25, 0.3) is 0 Å². The number of halogens is 2. The van der Waals surface area contributed by atoms with Crippen LogP contribution in [0.2, 0.25) is 5.02 Å². The lowest BCUT2D eigenvalue weighted by Gasteiger charge is -2.09. The largest absolute Gasteiger partial charge is 0.256 e. The van der Waals surface area contributed by atoms with Crippen molar-refractivity contribution in [1.82, 2.24) is 19.6 Å². The molecular weight excluding hydrogens is 315 g/mol. The van der Waals surface area contributed by atoms with Crippen LogP contribution in [0.3, 0.4) is 0 Å². The van der Waals surface area contributed by atoms with E-state index in [4.69, 9.17) is 11.6 Å². The molecular formula is C17H10ClFN4. The molecule has 0 aliphatic carbocycles. The maximum atomic E-state index is 13.4. The molecule has 3 aromatic heterocycles. The summed E-state index contributed by atoms with van der Waals surface area (Å²) in [5, 5.41) is 4.22. The summed E-state index contributed by atoms with van der Waals surface area (Å²) in [7, 11) is 0. The number of pyridine rings is 2. The van der Waals surface area contributed by atoms with Crippen molar-refractivity contribution >= 4 is 17.2 Å². The Hall–Kier alpha value is -2.79. The van der Waals surface area contributed by atoms with E-state index in [9.17, 15) is 4.39 Å². The highest BCUT2D eigenvalue weighted by atomic mass is 35.5. The van der Waals surface area contributed by atoms with Gasteiger partial charge in [0.15, 0.2) is 5.65 Å². The summed E-state index contributed by atoms with van der Waals surface area (Å²) in [5.41, 5.74) is 4.10. The van der Waals surface area contributed by atoms with Crippen molar-refractivity contribution in [2.75, 3.05) is 0 Å². The van der Waals surface area contributed by atoms with E-state index < -0.39 is 5.82 Å². The molecule has 23 heavy (non-hydrogen) atoms. The van der Waals surface area contributed by atoms with Crippen LogP contribution >= 0.6 is 11.6 Å². The quantitative estimate of drug-likeness (QED) is 0.553. The topological polar surface area (TPSA) is 43.1 Å². The van der Waals surface area contributed by atoms with Gasteiger partial charge in [-0.3, -0.25) is 4.98 Å². The molecule has 0 bridgehead atoms. The predicted octanol–water partition coefficient (Wildman–Crippen LogP) is 4.25. The molecule has 4 aromatic rings. The lowest BCUT2D eigenvalue weighted by atomic mass is 10.0. The second-order valence-electron chi connectivity index (χ2n) is 5.01. The minimum Gasteiger partial charge on any atom is -0.256 e. The van der Waals surface area contributed by atoms with Gasteiger partial charge in [0.1, 0.15) is 12.1 Å². The van der Waals surface area contributed by atoms with Crippen molar-refractivity contribution < 1.29 is 4.39 Å². The molecule has 0 aliphatic rings. The second-order valence-corrected chi connectivity index (χ2v) is 5.42. The minimum atomic E-state index is -0.447. The summed E-state index contributed by atoms with van der Waals surface area (Å²) in [6.07, 6.45) is 5.08. The second kappa shape index (κ2) is 5.44. The lowest BCUT2D eigenvalue weighted by molar-refractivity contribution is 0.628. The van der Waals surface area contributed by atoms with E-state index in [0.717, 1.165) is 28.0 Å². The molecule has 4 rings (SSSR count). The van der Waals surface area contributed by atoms with Gasteiger partial charge >= 0.3 is 0 Å². The van der Waals surface area contributed by atoms with E-state index in [-0.39, 0.29) is 5.02 Å². The molecule has 6 heteroatoms. The van der Waals surface area contributed by atoms with Crippen molar-refractivity contribution in [2.45, 2.75) is 0 Å². The van der Waals surface area contributed by atoms with Gasteiger partial charge in [-0.2, -0.15) is 5.10 Å². The number of fused-ring (bicyclic) bond motifs is 1. The molecule has 112 valence electrons. The summed E-state index contributed by atoms with van der Waals surface area (Å²) < 4.78 is 15.1. The first kappa shape index (κ1) is 13.8. The number of benzene rings is 1. The zero-order chi connectivity index (χ0) is 15.8. The maximum Gasteiger partial charge on any atom is 0.155 e. The van der Waals surface area contributed by atoms with Gasteiger partial charge in [0, 0.05) is 29.1 Å². The first-order valence-electron chi connectivity index (χ1n) is 6.92. The number of hydrogen-bond donors (Lipinski definition) is 0. The van der Waals surface area contributed by atoms with Gasteiger partial charge in [-0.1, -0.05) is 17.7 Å². The number of aromatic nitrogens is 4. The average Bonchev–Trinajstić information content (AvgIpc) is 3.05. The zero-order valence-corrected chi connectivity index (χ0v) is 12.6. The van der Waals surface area contributed by atoms with Crippen molar-refractivity contribution in [3.05, 3.63) is 72.0 Å². The molecule has 0 N–H and O–H groups in total. The Kier molecular flexibility index (Phi) is 3.28. The third-order valence-electron chi connectivity index (χ3n) is 3.59. The predicted molar refractivity (Wildman–Crippen MR) is 86.6 cm³/mol. The minimum absolute atomic E-state index is 0.0748. The summed E-state index contributed by atoms with van der Waals surface area (Å²) in [5.74, 6) is -0.447. The standard InChI is InChI=1S/C17H10ClFN4/c18-14-8-11(3-5-15(14)19)17-13(2-1-7-20-17)12-4-6-16-21-10-22-23(16)9-12/h1-10H. The Morgan fingerprint density at radius 2 is 1.87 bits per heavy atom. The van der Waals surface area contributed by atoms with E-state index in [0.29, 0.717) is 0 Å². The highest BCUT2D eigenvalue weighted by Gasteiger charge is 2.11. The number of rotatable bonds is 2. The molecule has 0 spiro atoms. The van der Waals surface area contributed by atoms with Crippen molar-refractivity contribution in [1.29, 1.82) is 0 Å². The summed E-state index contributed by atoms with van der Waals surface area (Å²) in [4.78, 5) is 8.57. The van der Waals surface area contributed by atoms with Crippen LogP contribution in [0.15, 0.2) is 61.2 Å². The summed E-state index contributed by atoms with van der Waals surface area (Å²) in [6.45, 7) is 0. The lowest BCUT2D eigenvalue weighted by Crippen LogP contribution is -1.93. The summed E-state index contributed by atoms with van der Waals surface area (Å²) >= 11 is 5.90. The molecule has 0 saturated carbocycles. The highest BCUT2D eigenvalue weighted by molar-refractivity contribution is 6.31. The summed E-state index contributed by atoms with van der Waals surface area (Å²) in [6, 6.07) is 12.2. The SMILES string of the molecule is Fc1ccc(-c2ncccc2-c2ccc3ncnn3c2)cc1Cl. The molecule has 0 fully saturated rings. The maximum absolute atomic E-state index is 13.4. The Morgan fingerprint density at radius 1 is 1.00 bits per heavy atom. The van der Waals surface area contributed by atoms with Crippen LogP contribution < -0.4 is 0 Å². The van der Waals surface area contributed by atoms with Gasteiger partial charge < -0.3 is 0 Å². The van der Waals surface area contributed by atoms with Crippen molar-refractivity contribution in [3.8, 4) is 22.4 Å². The highest BCUT2D eigenvalue weighted by Crippen LogP contribution is 2.32. The molecule has 3 heterocycles. The Morgan fingerprint density at radius 3 is 2.74 bits per heavy atom. The van der Waals surface area contributed by atoms with Gasteiger partial charge in [0.05, 0.1) is 10.7 Å². The first-order chi connectivity index (χ1) is 11.2. The third kappa shape index (κ3) is 2.45. The fourth-order valence-corrected chi connectivity index (χ4v) is 2.67. The molecule has 0 aliphatic heterocycles. The molecule has 0 unspecified atom stereocenters. The van der Waals surface area contributed by atoms with E-state index in [1.165, 1.54) is 12.4 Å². The molecule has 0 atom stereocenters. The van der Waals surface area contributed by atoms with Crippen LogP contribution in [0.5, 0.6) is 0 Å². The van der Waals surface area contributed by atoms with Crippen LogP contribution in [-0.2, 0) is 0 Å². The number of nitrogens with zero attached hydrogens (tertiary/aromatic N) is 4. The zero-order valence-electron chi connectivity index (χ0n) is 11.8. The van der Waals surface area contributed by atoms with Crippen LogP contribution in [0, 0.1) is 5.82 Å². The number of hydrogen-bond acceptors (Lipinski definition) is 3. The third-order valence-corrected chi connectivity index (χ3v) is 3.88. The molecule has 4 nitrogen and oxygen atoms in total. The molecule has 0 saturated heterocycles. The monoisotopic (exact) mass is 324 g/mol. The van der Waals surface area contributed by atoms with Crippen LogP contribution in [0.1, 0.15) is 0 Å². The van der Waals surface area contributed by atoms with E-state index in [1.54, 1.807) is 22.8 Å². The van der Waals surface area contributed by atoms with Gasteiger partial charge in [-0.15, -0.1) is 0 Å². The fourth-order valence-electron chi connectivity index (χ4n) is 2.49.